The van der Waals surface area contributed by atoms with E-state index in [1.54, 1.807) is 6.92 Å². The van der Waals surface area contributed by atoms with Gasteiger partial charge in [-0.05, 0) is 12.5 Å². The number of carbonyl (C=O) groups excluding carboxylic acids is 1. The third-order valence-corrected chi connectivity index (χ3v) is 1.35. The monoisotopic (exact) mass is 151 g/mol. The van der Waals surface area contributed by atoms with Gasteiger partial charge in [0.2, 0.25) is 0 Å². The molecule has 0 rings (SSSR count). The molecule has 0 bridgehead atoms. The number of hydrogen-bond donors (Lipinski definition) is 0. The molecule has 60 valence electrons. The number of allylic oxidation sites excluding steroid dienone is 2. The molecule has 0 heterocycles. The van der Waals surface area contributed by atoms with E-state index in [1.165, 1.54) is 6.08 Å². The van der Waals surface area contributed by atoms with Gasteiger partial charge in [-0.1, -0.05) is 20.3 Å². The first kappa shape index (κ1) is 9.90. The molecular formula is C9H13NO. The highest BCUT2D eigenvalue weighted by molar-refractivity contribution is 5.90. The minimum absolute atomic E-state index is 0.0370. The van der Waals surface area contributed by atoms with Crippen molar-refractivity contribution < 1.29 is 4.79 Å². The molecule has 0 aliphatic carbocycles. The van der Waals surface area contributed by atoms with E-state index in [0.29, 0.717) is 18.4 Å². The Kier molecular flexibility index (Phi) is 5.10. The number of rotatable bonds is 4. The molecule has 0 unspecified atom stereocenters. The fourth-order valence-corrected chi connectivity index (χ4v) is 0.726. The standard InChI is InChI=1S/C9H13NO/c1-3-5-8(7-10)6-9(11)4-2/h6H,3-5H2,1-2H3. The summed E-state index contributed by atoms with van der Waals surface area (Å²) in [6, 6.07) is 2.01. The molecule has 0 amide bonds. The summed E-state index contributed by atoms with van der Waals surface area (Å²) in [6.45, 7) is 3.78. The molecule has 0 aromatic heterocycles. The Hall–Kier alpha value is -1.10. The van der Waals surface area contributed by atoms with Gasteiger partial charge in [0, 0.05) is 12.0 Å². The van der Waals surface area contributed by atoms with Crippen molar-refractivity contribution in [1.29, 1.82) is 5.26 Å². The third kappa shape index (κ3) is 4.32. The van der Waals surface area contributed by atoms with Crippen molar-refractivity contribution in [2.75, 3.05) is 0 Å². The molecule has 0 aromatic carbocycles. The van der Waals surface area contributed by atoms with Crippen LogP contribution < -0.4 is 0 Å². The van der Waals surface area contributed by atoms with Gasteiger partial charge < -0.3 is 0 Å². The van der Waals surface area contributed by atoms with Crippen LogP contribution in [0.4, 0.5) is 0 Å². The van der Waals surface area contributed by atoms with Crippen LogP contribution in [-0.4, -0.2) is 5.78 Å². The molecule has 2 heteroatoms. The Morgan fingerprint density at radius 2 is 2.18 bits per heavy atom. The summed E-state index contributed by atoms with van der Waals surface area (Å²) < 4.78 is 0. The Labute approximate surface area is 67.5 Å². The van der Waals surface area contributed by atoms with Gasteiger partial charge in [0.15, 0.2) is 5.78 Å². The molecule has 0 atom stereocenters. The van der Waals surface area contributed by atoms with Gasteiger partial charge in [-0.2, -0.15) is 5.26 Å². The lowest BCUT2D eigenvalue weighted by molar-refractivity contribution is -0.114. The largest absolute Gasteiger partial charge is 0.295 e. The van der Waals surface area contributed by atoms with E-state index in [0.717, 1.165) is 6.42 Å². The van der Waals surface area contributed by atoms with Gasteiger partial charge in [0.1, 0.15) is 0 Å². The average molecular weight is 151 g/mol. The summed E-state index contributed by atoms with van der Waals surface area (Å²) in [5.41, 5.74) is 0.597. The van der Waals surface area contributed by atoms with Crippen LogP contribution in [0.15, 0.2) is 11.6 Å². The Morgan fingerprint density at radius 3 is 2.55 bits per heavy atom. The minimum Gasteiger partial charge on any atom is -0.295 e. The summed E-state index contributed by atoms with van der Waals surface area (Å²) in [5.74, 6) is 0.0370. The minimum atomic E-state index is 0.0370. The molecule has 2 nitrogen and oxygen atoms in total. The predicted octanol–water partition coefficient (Wildman–Crippen LogP) is 2.22. The lowest BCUT2D eigenvalue weighted by Gasteiger charge is -1.92. The fourth-order valence-electron chi connectivity index (χ4n) is 0.726. The van der Waals surface area contributed by atoms with E-state index in [2.05, 4.69) is 0 Å². The fraction of sp³-hybridized carbons (Fsp3) is 0.556. The molecule has 0 saturated heterocycles. The number of ketones is 1. The maximum absolute atomic E-state index is 10.8. The van der Waals surface area contributed by atoms with Gasteiger partial charge in [0.05, 0.1) is 6.07 Å². The zero-order valence-corrected chi connectivity index (χ0v) is 7.05. The van der Waals surface area contributed by atoms with Crippen LogP contribution in [0, 0.1) is 11.3 Å². The first-order valence-corrected chi connectivity index (χ1v) is 3.88. The Morgan fingerprint density at radius 1 is 1.55 bits per heavy atom. The second-order valence-electron chi connectivity index (χ2n) is 2.35. The quantitative estimate of drug-likeness (QED) is 0.456. The molecule has 0 aromatic rings. The van der Waals surface area contributed by atoms with Crippen molar-refractivity contribution in [3.63, 3.8) is 0 Å². The molecule has 0 saturated carbocycles. The molecule has 0 radical (unpaired) electrons. The molecule has 11 heavy (non-hydrogen) atoms. The van der Waals surface area contributed by atoms with Crippen molar-refractivity contribution in [3.05, 3.63) is 11.6 Å². The highest BCUT2D eigenvalue weighted by Gasteiger charge is 1.97. The first-order valence-electron chi connectivity index (χ1n) is 3.88. The van der Waals surface area contributed by atoms with Gasteiger partial charge in [0.25, 0.3) is 0 Å². The highest BCUT2D eigenvalue weighted by Crippen LogP contribution is 2.03. The van der Waals surface area contributed by atoms with Crippen LogP contribution >= 0.6 is 0 Å². The van der Waals surface area contributed by atoms with Crippen LogP contribution in [0.2, 0.25) is 0 Å². The molecule has 0 aliphatic heterocycles. The van der Waals surface area contributed by atoms with Gasteiger partial charge in [-0.15, -0.1) is 0 Å². The van der Waals surface area contributed by atoms with Gasteiger partial charge >= 0.3 is 0 Å². The van der Waals surface area contributed by atoms with Gasteiger partial charge in [-0.3, -0.25) is 4.79 Å². The first-order chi connectivity index (χ1) is 5.24. The maximum Gasteiger partial charge on any atom is 0.156 e. The maximum atomic E-state index is 10.8. The zero-order valence-electron chi connectivity index (χ0n) is 7.05. The summed E-state index contributed by atoms with van der Waals surface area (Å²) in [7, 11) is 0. The summed E-state index contributed by atoms with van der Waals surface area (Å²) in [6.07, 6.45) is 3.55. The molecule has 0 spiro atoms. The number of nitriles is 1. The topological polar surface area (TPSA) is 40.9 Å². The van der Waals surface area contributed by atoms with Crippen molar-refractivity contribution in [2.45, 2.75) is 33.1 Å². The van der Waals surface area contributed by atoms with E-state index in [-0.39, 0.29) is 5.78 Å². The van der Waals surface area contributed by atoms with Crippen LogP contribution in [0.5, 0.6) is 0 Å². The van der Waals surface area contributed by atoms with Crippen molar-refractivity contribution in [3.8, 4) is 6.07 Å². The van der Waals surface area contributed by atoms with Crippen LogP contribution in [0.3, 0.4) is 0 Å². The van der Waals surface area contributed by atoms with E-state index in [4.69, 9.17) is 5.26 Å². The Balaban J connectivity index is 4.14. The lowest BCUT2D eigenvalue weighted by atomic mass is 10.1. The number of hydrogen-bond acceptors (Lipinski definition) is 2. The van der Waals surface area contributed by atoms with Crippen LogP contribution in [-0.2, 0) is 4.79 Å². The van der Waals surface area contributed by atoms with E-state index in [9.17, 15) is 4.79 Å². The summed E-state index contributed by atoms with van der Waals surface area (Å²) in [4.78, 5) is 10.8. The predicted molar refractivity (Wildman–Crippen MR) is 43.9 cm³/mol. The van der Waals surface area contributed by atoms with Crippen molar-refractivity contribution in [2.24, 2.45) is 0 Å². The summed E-state index contributed by atoms with van der Waals surface area (Å²) >= 11 is 0. The smallest absolute Gasteiger partial charge is 0.156 e. The van der Waals surface area contributed by atoms with Crippen LogP contribution in [0.25, 0.3) is 0 Å². The molecular weight excluding hydrogens is 138 g/mol. The van der Waals surface area contributed by atoms with Crippen LogP contribution in [0.1, 0.15) is 33.1 Å². The highest BCUT2D eigenvalue weighted by atomic mass is 16.1. The van der Waals surface area contributed by atoms with Crippen molar-refractivity contribution >= 4 is 5.78 Å². The normalized spacial score (nSPS) is 10.8. The van der Waals surface area contributed by atoms with E-state index in [1.807, 2.05) is 13.0 Å². The third-order valence-electron chi connectivity index (χ3n) is 1.35. The zero-order chi connectivity index (χ0) is 8.69. The van der Waals surface area contributed by atoms with Gasteiger partial charge in [-0.25, -0.2) is 0 Å². The average Bonchev–Trinajstić information content (AvgIpc) is 2.03. The van der Waals surface area contributed by atoms with Crippen molar-refractivity contribution in [1.82, 2.24) is 0 Å². The molecule has 0 fully saturated rings. The molecule has 0 aliphatic rings. The summed E-state index contributed by atoms with van der Waals surface area (Å²) in [5, 5.41) is 8.53. The second kappa shape index (κ2) is 5.67. The van der Waals surface area contributed by atoms with E-state index < -0.39 is 0 Å². The lowest BCUT2D eigenvalue weighted by Crippen LogP contribution is -1.91. The Bertz CT molecular complexity index is 198. The number of nitrogens with zero attached hydrogens (tertiary/aromatic N) is 1. The molecule has 0 N–H and O–H groups in total. The second-order valence-corrected chi connectivity index (χ2v) is 2.35. The SMILES string of the molecule is CCCC(C#N)=CC(=O)CC. The van der Waals surface area contributed by atoms with E-state index >= 15 is 0 Å². The number of carbonyl (C=O) groups is 1.